The van der Waals surface area contributed by atoms with E-state index in [2.05, 4.69) is 15.4 Å². The number of hydrogen-bond acceptors (Lipinski definition) is 7. The van der Waals surface area contributed by atoms with Crippen molar-refractivity contribution in [1.82, 2.24) is 10.2 Å². The zero-order valence-electron chi connectivity index (χ0n) is 10.2. The number of hydrogen-bond donors (Lipinski definition) is 2. The predicted molar refractivity (Wildman–Crippen MR) is 79.6 cm³/mol. The summed E-state index contributed by atoms with van der Waals surface area (Å²) in [6, 6.07) is 8.65. The number of aromatic nitrogens is 2. The van der Waals surface area contributed by atoms with E-state index in [0.29, 0.717) is 14.5 Å². The van der Waals surface area contributed by atoms with E-state index >= 15 is 0 Å². The molecule has 0 aliphatic carbocycles. The van der Waals surface area contributed by atoms with Crippen molar-refractivity contribution in [3.05, 3.63) is 44.9 Å². The standard InChI is InChI=1S/C11H11N3O3S3/c15-14-9(8-4-2-1-3-5-8)6-20(16,17)7-10-12-13-11(18)19-10/h1-5,15H,6-7H2,(H,13,18)/b14-9-. The van der Waals surface area contributed by atoms with E-state index in [-0.39, 0.29) is 17.2 Å². The van der Waals surface area contributed by atoms with Gasteiger partial charge in [0, 0.05) is 5.56 Å². The molecule has 0 fully saturated rings. The highest BCUT2D eigenvalue weighted by Gasteiger charge is 2.19. The van der Waals surface area contributed by atoms with Gasteiger partial charge in [-0.1, -0.05) is 46.8 Å². The van der Waals surface area contributed by atoms with E-state index in [0.717, 1.165) is 11.3 Å². The van der Waals surface area contributed by atoms with Crippen LogP contribution in [0.1, 0.15) is 10.6 Å². The molecule has 106 valence electrons. The lowest BCUT2D eigenvalue weighted by atomic mass is 10.1. The highest BCUT2D eigenvalue weighted by Crippen LogP contribution is 2.12. The van der Waals surface area contributed by atoms with E-state index in [1.54, 1.807) is 30.3 Å². The van der Waals surface area contributed by atoms with Crippen LogP contribution in [-0.2, 0) is 15.6 Å². The molecule has 1 aromatic carbocycles. The summed E-state index contributed by atoms with van der Waals surface area (Å²) in [5, 5.41) is 18.8. The van der Waals surface area contributed by atoms with Crippen molar-refractivity contribution in [2.45, 2.75) is 5.75 Å². The lowest BCUT2D eigenvalue weighted by Crippen LogP contribution is -2.19. The van der Waals surface area contributed by atoms with Gasteiger partial charge in [-0.3, -0.25) is 5.10 Å². The van der Waals surface area contributed by atoms with Crippen LogP contribution in [0.15, 0.2) is 35.5 Å². The Morgan fingerprint density at radius 3 is 2.65 bits per heavy atom. The Morgan fingerprint density at radius 2 is 2.10 bits per heavy atom. The monoisotopic (exact) mass is 329 g/mol. The average Bonchev–Trinajstić information content (AvgIpc) is 2.81. The van der Waals surface area contributed by atoms with Gasteiger partial charge >= 0.3 is 0 Å². The number of nitrogens with zero attached hydrogens (tertiary/aromatic N) is 2. The molecule has 1 aromatic heterocycles. The van der Waals surface area contributed by atoms with Gasteiger partial charge in [0.2, 0.25) is 0 Å². The number of oxime groups is 1. The zero-order valence-corrected chi connectivity index (χ0v) is 12.6. The van der Waals surface area contributed by atoms with E-state index < -0.39 is 9.84 Å². The van der Waals surface area contributed by atoms with Gasteiger partial charge in [-0.05, 0) is 12.2 Å². The topological polar surface area (TPSA) is 95.4 Å². The zero-order chi connectivity index (χ0) is 14.6. The van der Waals surface area contributed by atoms with Crippen molar-refractivity contribution >= 4 is 39.1 Å². The van der Waals surface area contributed by atoms with Crippen LogP contribution in [0.4, 0.5) is 0 Å². The van der Waals surface area contributed by atoms with Gasteiger partial charge in [0.05, 0.1) is 5.75 Å². The molecule has 0 aliphatic heterocycles. The summed E-state index contributed by atoms with van der Waals surface area (Å²) >= 11 is 5.96. The minimum atomic E-state index is -3.49. The fourth-order valence-corrected chi connectivity index (χ4v) is 4.26. The van der Waals surface area contributed by atoms with Crippen LogP contribution in [0, 0.1) is 3.95 Å². The quantitative estimate of drug-likeness (QED) is 0.378. The molecule has 0 unspecified atom stereocenters. The fraction of sp³-hybridized carbons (Fsp3) is 0.182. The molecule has 2 N–H and O–H groups in total. The van der Waals surface area contributed by atoms with Gasteiger partial charge in [-0.25, -0.2) is 8.42 Å². The second-order valence-corrected chi connectivity index (χ2v) is 7.77. The Hall–Kier alpha value is -1.58. The SMILES string of the molecule is O=S(=O)(C/C(=N/O)c1ccccc1)Cc1n[nH]c(=S)s1. The normalized spacial score (nSPS) is 12.5. The minimum Gasteiger partial charge on any atom is -0.411 e. The second kappa shape index (κ2) is 6.25. The minimum absolute atomic E-state index is 0.102. The largest absolute Gasteiger partial charge is 0.411 e. The molecule has 0 radical (unpaired) electrons. The number of aromatic amines is 1. The first-order chi connectivity index (χ1) is 9.50. The van der Waals surface area contributed by atoms with Crippen LogP contribution < -0.4 is 0 Å². The average molecular weight is 329 g/mol. The van der Waals surface area contributed by atoms with Gasteiger partial charge in [0.1, 0.15) is 16.5 Å². The number of H-pyrrole nitrogens is 1. The van der Waals surface area contributed by atoms with E-state index in [1.807, 2.05) is 0 Å². The van der Waals surface area contributed by atoms with Crippen LogP contribution in [0.2, 0.25) is 0 Å². The van der Waals surface area contributed by atoms with Crippen molar-refractivity contribution in [2.75, 3.05) is 5.75 Å². The molecule has 1 heterocycles. The molecule has 0 spiro atoms. The Morgan fingerprint density at radius 1 is 1.40 bits per heavy atom. The van der Waals surface area contributed by atoms with Crippen molar-refractivity contribution in [2.24, 2.45) is 5.16 Å². The smallest absolute Gasteiger partial charge is 0.176 e. The molecule has 0 saturated carbocycles. The molecule has 0 amide bonds. The Bertz CT molecular complexity index is 763. The lowest BCUT2D eigenvalue weighted by Gasteiger charge is -2.05. The van der Waals surface area contributed by atoms with Crippen LogP contribution in [0.3, 0.4) is 0 Å². The maximum Gasteiger partial charge on any atom is 0.176 e. The van der Waals surface area contributed by atoms with Gasteiger partial charge in [0.15, 0.2) is 13.8 Å². The number of nitrogens with one attached hydrogen (secondary N) is 1. The summed E-state index contributed by atoms with van der Waals surface area (Å²) in [6.07, 6.45) is 0. The van der Waals surface area contributed by atoms with E-state index in [4.69, 9.17) is 17.4 Å². The molecular formula is C11H11N3O3S3. The number of benzene rings is 1. The fourth-order valence-electron chi connectivity index (χ4n) is 1.57. The Balaban J connectivity index is 2.17. The number of sulfone groups is 1. The molecule has 2 aromatic rings. The van der Waals surface area contributed by atoms with Crippen LogP contribution in [0.25, 0.3) is 0 Å². The lowest BCUT2D eigenvalue weighted by molar-refractivity contribution is 0.319. The summed E-state index contributed by atoms with van der Waals surface area (Å²) in [4.78, 5) is 0. The van der Waals surface area contributed by atoms with Crippen LogP contribution in [-0.4, -0.2) is 35.3 Å². The van der Waals surface area contributed by atoms with Crippen LogP contribution >= 0.6 is 23.6 Å². The maximum absolute atomic E-state index is 12.1. The third-order valence-corrected chi connectivity index (χ3v) is 5.11. The third-order valence-electron chi connectivity index (χ3n) is 2.41. The molecule has 9 heteroatoms. The maximum atomic E-state index is 12.1. The molecule has 0 saturated heterocycles. The van der Waals surface area contributed by atoms with Gasteiger partial charge in [0.25, 0.3) is 0 Å². The van der Waals surface area contributed by atoms with Crippen LogP contribution in [0.5, 0.6) is 0 Å². The first-order valence-corrected chi connectivity index (χ1v) is 8.56. The van der Waals surface area contributed by atoms with Crippen molar-refractivity contribution < 1.29 is 13.6 Å². The first kappa shape index (κ1) is 14.8. The molecule has 0 aliphatic rings. The molecule has 0 bridgehead atoms. The summed E-state index contributed by atoms with van der Waals surface area (Å²) in [5.41, 5.74) is 0.665. The molecule has 20 heavy (non-hydrogen) atoms. The number of rotatable bonds is 5. The summed E-state index contributed by atoms with van der Waals surface area (Å²) < 4.78 is 24.6. The van der Waals surface area contributed by atoms with Gasteiger partial charge < -0.3 is 5.21 Å². The second-order valence-electron chi connectivity index (χ2n) is 3.95. The van der Waals surface area contributed by atoms with Gasteiger partial charge in [-0.2, -0.15) is 5.10 Å². The third kappa shape index (κ3) is 3.95. The van der Waals surface area contributed by atoms with E-state index in [9.17, 15) is 8.42 Å². The molecular weight excluding hydrogens is 318 g/mol. The first-order valence-electron chi connectivity index (χ1n) is 5.51. The summed E-state index contributed by atoms with van der Waals surface area (Å²) in [7, 11) is -3.49. The highest BCUT2D eigenvalue weighted by molar-refractivity contribution is 7.91. The van der Waals surface area contributed by atoms with Gasteiger partial charge in [-0.15, -0.1) is 0 Å². The summed E-state index contributed by atoms with van der Waals surface area (Å²) in [5.74, 6) is -0.601. The Labute approximate surface area is 124 Å². The van der Waals surface area contributed by atoms with Crippen molar-refractivity contribution in [3.63, 3.8) is 0 Å². The summed E-state index contributed by atoms with van der Waals surface area (Å²) in [6.45, 7) is 0. The van der Waals surface area contributed by atoms with E-state index in [1.165, 1.54) is 0 Å². The highest BCUT2D eigenvalue weighted by atomic mass is 32.2. The molecule has 6 nitrogen and oxygen atoms in total. The van der Waals surface area contributed by atoms with Crippen molar-refractivity contribution in [3.8, 4) is 0 Å². The van der Waals surface area contributed by atoms with Crippen molar-refractivity contribution in [1.29, 1.82) is 0 Å². The Kier molecular flexibility index (Phi) is 4.63. The molecule has 2 rings (SSSR count). The molecule has 0 atom stereocenters. The predicted octanol–water partition coefficient (Wildman–Crippen LogP) is 1.99.